The smallest absolute Gasteiger partial charge is 0.136 e. The van der Waals surface area contributed by atoms with E-state index in [0.717, 1.165) is 66.8 Å². The second-order valence-electron chi connectivity index (χ2n) is 9.26. The van der Waals surface area contributed by atoms with E-state index >= 15 is 0 Å². The fourth-order valence-electron chi connectivity index (χ4n) is 5.07. The van der Waals surface area contributed by atoms with Crippen LogP contribution < -0.4 is 10.2 Å². The lowest BCUT2D eigenvalue weighted by Crippen LogP contribution is -2.43. The van der Waals surface area contributed by atoms with Crippen molar-refractivity contribution in [1.82, 2.24) is 15.4 Å². The van der Waals surface area contributed by atoms with E-state index < -0.39 is 11.6 Å². The average Bonchev–Trinajstić information content (AvgIpc) is 2.91. The number of hydrogen-bond acceptors (Lipinski definition) is 7. The molecule has 1 aromatic heterocycles. The molecule has 0 amide bonds. The number of halogens is 2. The molecule has 0 saturated carbocycles. The number of hydrogen-bond donors (Lipinski definition) is 3. The highest BCUT2D eigenvalue weighted by Gasteiger charge is 2.29. The molecule has 2 aromatic carbocycles. The van der Waals surface area contributed by atoms with Gasteiger partial charge in [0.05, 0.1) is 18.7 Å². The molecule has 0 aliphatic carbocycles. The summed E-state index contributed by atoms with van der Waals surface area (Å²) in [5.74, 6) is 1.01. The molecule has 4 rings (SSSR count). The maximum atomic E-state index is 13.9. The summed E-state index contributed by atoms with van der Waals surface area (Å²) in [6.45, 7) is 2.49. The molecular formula is C27H33F2N3O3S. The fraction of sp³-hybridized carbons (Fsp3) is 0.444. The number of hydroxylamine groups is 1. The van der Waals surface area contributed by atoms with Crippen molar-refractivity contribution in [2.45, 2.75) is 30.2 Å². The first-order chi connectivity index (χ1) is 17.5. The van der Waals surface area contributed by atoms with Crippen molar-refractivity contribution in [2.24, 2.45) is 11.8 Å². The number of fused-ring (bicyclic) bond motifs is 1. The van der Waals surface area contributed by atoms with Crippen LogP contribution in [0, 0.1) is 23.5 Å². The Morgan fingerprint density at radius 3 is 2.83 bits per heavy atom. The SMILES string of the molecule is COc1ccc2nccc([C@@H](CC[C@@H]3CCN(CCSc4cc(F)ccc4F)C[C@@H]3CO)NO)c2c1. The van der Waals surface area contributed by atoms with Crippen LogP contribution in [0.2, 0.25) is 0 Å². The molecule has 1 fully saturated rings. The molecule has 6 nitrogen and oxygen atoms in total. The van der Waals surface area contributed by atoms with E-state index in [1.807, 2.05) is 24.3 Å². The van der Waals surface area contributed by atoms with Gasteiger partial charge in [-0.05, 0) is 85.7 Å². The molecule has 3 aromatic rings. The fourth-order valence-corrected chi connectivity index (χ4v) is 6.04. The molecule has 36 heavy (non-hydrogen) atoms. The van der Waals surface area contributed by atoms with Crippen LogP contribution in [0.3, 0.4) is 0 Å². The van der Waals surface area contributed by atoms with E-state index in [-0.39, 0.29) is 18.6 Å². The summed E-state index contributed by atoms with van der Waals surface area (Å²) in [5.41, 5.74) is 4.28. The van der Waals surface area contributed by atoms with Crippen molar-refractivity contribution in [2.75, 3.05) is 39.1 Å². The number of likely N-dealkylation sites (tertiary alicyclic amines) is 1. The van der Waals surface area contributed by atoms with Gasteiger partial charge in [-0.1, -0.05) is 0 Å². The molecule has 0 radical (unpaired) electrons. The van der Waals surface area contributed by atoms with Gasteiger partial charge in [-0.15, -0.1) is 11.8 Å². The normalized spacial score (nSPS) is 19.5. The molecule has 0 bridgehead atoms. The van der Waals surface area contributed by atoms with Crippen LogP contribution in [0.1, 0.15) is 30.9 Å². The second kappa shape index (κ2) is 12.8. The van der Waals surface area contributed by atoms with Gasteiger partial charge in [0.2, 0.25) is 0 Å². The minimum absolute atomic E-state index is 0.0967. The molecule has 1 saturated heterocycles. The number of benzene rings is 2. The third-order valence-electron chi connectivity index (χ3n) is 7.11. The number of methoxy groups -OCH3 is 1. The molecule has 1 aliphatic rings. The van der Waals surface area contributed by atoms with E-state index in [1.165, 1.54) is 17.8 Å². The Balaban J connectivity index is 1.33. The van der Waals surface area contributed by atoms with Crippen molar-refractivity contribution in [3.05, 3.63) is 65.9 Å². The predicted molar refractivity (Wildman–Crippen MR) is 137 cm³/mol. The van der Waals surface area contributed by atoms with Crippen LogP contribution in [-0.2, 0) is 0 Å². The first kappa shape index (κ1) is 26.8. The zero-order valence-electron chi connectivity index (χ0n) is 20.4. The maximum Gasteiger partial charge on any atom is 0.136 e. The lowest BCUT2D eigenvalue weighted by atomic mass is 9.81. The molecule has 0 spiro atoms. The number of nitrogens with one attached hydrogen (secondary N) is 1. The third-order valence-corrected chi connectivity index (χ3v) is 8.12. The van der Waals surface area contributed by atoms with Crippen LogP contribution in [0.25, 0.3) is 10.9 Å². The number of piperidine rings is 1. The molecule has 2 heterocycles. The number of ether oxygens (including phenoxy) is 1. The summed E-state index contributed by atoms with van der Waals surface area (Å²) < 4.78 is 32.6. The number of thioether (sulfide) groups is 1. The Hall–Kier alpha value is -2.30. The topological polar surface area (TPSA) is 77.9 Å². The van der Waals surface area contributed by atoms with Gasteiger partial charge in [-0.25, -0.2) is 8.78 Å². The number of pyridine rings is 1. The quantitative estimate of drug-likeness (QED) is 0.243. The molecule has 9 heteroatoms. The van der Waals surface area contributed by atoms with Gasteiger partial charge in [-0.3, -0.25) is 4.98 Å². The Morgan fingerprint density at radius 1 is 1.19 bits per heavy atom. The number of aliphatic hydroxyl groups is 1. The maximum absolute atomic E-state index is 13.9. The van der Waals surface area contributed by atoms with Gasteiger partial charge < -0.3 is 20.0 Å². The number of aromatic nitrogens is 1. The standard InChI is InChI=1S/C27H33F2N3O3S/c1-35-21-4-7-25-23(15-21)22(8-10-30-25)26(31-34)6-2-18-9-11-32(16-19(18)17-33)12-13-36-27-14-20(28)3-5-24(27)29/h3-5,7-8,10,14-15,18-19,26,31,33-34H,2,6,9,11-13,16-17H2,1H3/t18-,19-,26-/m1/s1. The number of aliphatic hydroxyl groups excluding tert-OH is 1. The zero-order valence-corrected chi connectivity index (χ0v) is 21.2. The van der Waals surface area contributed by atoms with Crippen LogP contribution in [0.15, 0.2) is 53.6 Å². The van der Waals surface area contributed by atoms with Gasteiger partial charge >= 0.3 is 0 Å². The van der Waals surface area contributed by atoms with Crippen LogP contribution in [0.5, 0.6) is 5.75 Å². The number of nitrogens with zero attached hydrogens (tertiary/aromatic N) is 2. The van der Waals surface area contributed by atoms with E-state index in [0.29, 0.717) is 23.0 Å². The van der Waals surface area contributed by atoms with Crippen molar-refractivity contribution >= 4 is 22.7 Å². The van der Waals surface area contributed by atoms with E-state index in [2.05, 4.69) is 15.4 Å². The van der Waals surface area contributed by atoms with Crippen molar-refractivity contribution in [3.8, 4) is 5.75 Å². The minimum Gasteiger partial charge on any atom is -0.497 e. The van der Waals surface area contributed by atoms with Gasteiger partial charge in [0.25, 0.3) is 0 Å². The highest BCUT2D eigenvalue weighted by atomic mass is 32.2. The molecule has 3 atom stereocenters. The first-order valence-electron chi connectivity index (χ1n) is 12.3. The minimum atomic E-state index is -0.436. The summed E-state index contributed by atoms with van der Waals surface area (Å²) in [7, 11) is 1.62. The van der Waals surface area contributed by atoms with Gasteiger partial charge in [0.1, 0.15) is 17.4 Å². The third kappa shape index (κ3) is 6.52. The zero-order chi connectivity index (χ0) is 25.5. The summed E-state index contributed by atoms with van der Waals surface area (Å²) in [5, 5.41) is 21.0. The second-order valence-corrected chi connectivity index (χ2v) is 10.4. The van der Waals surface area contributed by atoms with Gasteiger partial charge in [-0.2, -0.15) is 5.48 Å². The Kier molecular flexibility index (Phi) is 9.50. The van der Waals surface area contributed by atoms with Crippen molar-refractivity contribution in [1.29, 1.82) is 0 Å². The lowest BCUT2D eigenvalue weighted by Gasteiger charge is -2.38. The molecule has 0 unspecified atom stereocenters. The highest BCUT2D eigenvalue weighted by Crippen LogP contribution is 2.33. The Bertz CT molecular complexity index is 1150. The van der Waals surface area contributed by atoms with E-state index in [1.54, 1.807) is 13.3 Å². The number of rotatable bonds is 11. The van der Waals surface area contributed by atoms with Crippen molar-refractivity contribution in [3.63, 3.8) is 0 Å². The molecule has 3 N–H and O–H groups in total. The largest absolute Gasteiger partial charge is 0.497 e. The summed E-state index contributed by atoms with van der Waals surface area (Å²) >= 11 is 1.31. The Morgan fingerprint density at radius 2 is 2.06 bits per heavy atom. The summed E-state index contributed by atoms with van der Waals surface area (Å²) in [6.07, 6.45) is 4.25. The van der Waals surface area contributed by atoms with Crippen LogP contribution in [-0.4, -0.2) is 59.3 Å². The van der Waals surface area contributed by atoms with Crippen LogP contribution >= 0.6 is 11.8 Å². The monoisotopic (exact) mass is 517 g/mol. The van der Waals surface area contributed by atoms with Gasteiger partial charge in [0.15, 0.2) is 0 Å². The summed E-state index contributed by atoms with van der Waals surface area (Å²) in [6, 6.07) is 10.9. The molecular weight excluding hydrogens is 484 g/mol. The summed E-state index contributed by atoms with van der Waals surface area (Å²) in [4.78, 5) is 7.04. The first-order valence-corrected chi connectivity index (χ1v) is 13.2. The van der Waals surface area contributed by atoms with E-state index in [9.17, 15) is 19.1 Å². The predicted octanol–water partition coefficient (Wildman–Crippen LogP) is 5.04. The molecule has 194 valence electrons. The van der Waals surface area contributed by atoms with Gasteiger partial charge in [0, 0.05) is 41.9 Å². The molecule has 1 aliphatic heterocycles. The highest BCUT2D eigenvalue weighted by molar-refractivity contribution is 7.99. The van der Waals surface area contributed by atoms with Crippen molar-refractivity contribution < 1.29 is 23.8 Å². The lowest BCUT2D eigenvalue weighted by molar-refractivity contribution is 0.0626. The van der Waals surface area contributed by atoms with Crippen LogP contribution in [0.4, 0.5) is 8.78 Å². The average molecular weight is 518 g/mol. The Labute approximate surface area is 214 Å². The van der Waals surface area contributed by atoms with E-state index in [4.69, 9.17) is 4.74 Å².